The Bertz CT molecular complexity index is 632. The number of ether oxygens (including phenoxy) is 1. The van der Waals surface area contributed by atoms with Crippen LogP contribution in [0.4, 0.5) is 5.69 Å². The van der Waals surface area contributed by atoms with Crippen molar-refractivity contribution in [2.75, 3.05) is 19.0 Å². The maximum Gasteiger partial charge on any atom is 0.258 e. The van der Waals surface area contributed by atoms with E-state index in [-0.39, 0.29) is 0 Å². The summed E-state index contributed by atoms with van der Waals surface area (Å²) < 4.78 is 11.0. The van der Waals surface area contributed by atoms with Crippen LogP contribution in [0.15, 0.2) is 22.7 Å². The highest BCUT2D eigenvalue weighted by Gasteiger charge is 2.30. The number of nitrogens with one attached hydrogen (secondary N) is 1. The summed E-state index contributed by atoms with van der Waals surface area (Å²) in [5.41, 5.74) is 2.94. The quantitative estimate of drug-likeness (QED) is 0.934. The third-order valence-corrected chi connectivity index (χ3v) is 4.35. The van der Waals surface area contributed by atoms with E-state index in [1.54, 1.807) is 7.11 Å². The Morgan fingerprint density at radius 3 is 3.05 bits per heavy atom. The Kier molecular flexibility index (Phi) is 3.68. The lowest BCUT2D eigenvalue weighted by Gasteiger charge is -2.22. The van der Waals surface area contributed by atoms with E-state index in [1.807, 2.05) is 26.0 Å². The molecule has 3 rings (SSSR count). The molecule has 2 heterocycles. The minimum Gasteiger partial charge on any atom is -0.385 e. The number of aromatic nitrogens is 2. The van der Waals surface area contributed by atoms with Crippen LogP contribution >= 0.6 is 0 Å². The number of hydrogen-bond donors (Lipinski definition) is 1. The van der Waals surface area contributed by atoms with Gasteiger partial charge < -0.3 is 14.6 Å². The second-order valence-corrected chi connectivity index (χ2v) is 5.57. The van der Waals surface area contributed by atoms with Gasteiger partial charge in [0.15, 0.2) is 0 Å². The highest BCUT2D eigenvalue weighted by atomic mass is 16.5. The van der Waals surface area contributed by atoms with Crippen LogP contribution in [0.1, 0.15) is 38.1 Å². The predicted molar refractivity (Wildman–Crippen MR) is 81.2 cm³/mol. The van der Waals surface area contributed by atoms with Crippen LogP contribution in [0.25, 0.3) is 11.5 Å². The maximum atomic E-state index is 5.54. The zero-order chi connectivity index (χ0) is 14.9. The van der Waals surface area contributed by atoms with Crippen LogP contribution < -0.4 is 5.32 Å². The van der Waals surface area contributed by atoms with Crippen molar-refractivity contribution in [3.63, 3.8) is 0 Å². The van der Waals surface area contributed by atoms with Gasteiger partial charge in [-0.1, -0.05) is 18.1 Å². The molecule has 0 saturated carbocycles. The molecule has 0 bridgehead atoms. The van der Waals surface area contributed by atoms with E-state index in [9.17, 15) is 0 Å². The first-order chi connectivity index (χ1) is 10.2. The molecule has 1 unspecified atom stereocenters. The van der Waals surface area contributed by atoms with E-state index in [4.69, 9.17) is 9.26 Å². The largest absolute Gasteiger partial charge is 0.385 e. The molecule has 1 aromatic heterocycles. The molecule has 1 atom stereocenters. The van der Waals surface area contributed by atoms with E-state index in [0.717, 1.165) is 31.4 Å². The van der Waals surface area contributed by atoms with Gasteiger partial charge in [-0.2, -0.15) is 4.98 Å². The number of fused-ring (bicyclic) bond motifs is 1. The Morgan fingerprint density at radius 1 is 1.43 bits per heavy atom. The van der Waals surface area contributed by atoms with Crippen molar-refractivity contribution in [2.45, 2.75) is 38.7 Å². The highest BCUT2D eigenvalue weighted by molar-refractivity contribution is 5.69. The van der Waals surface area contributed by atoms with E-state index >= 15 is 0 Å². The van der Waals surface area contributed by atoms with Gasteiger partial charge in [0.05, 0.1) is 0 Å². The first-order valence-corrected chi connectivity index (χ1v) is 7.43. The molecule has 112 valence electrons. The van der Waals surface area contributed by atoms with E-state index in [2.05, 4.69) is 21.5 Å². The molecule has 2 aromatic rings. The van der Waals surface area contributed by atoms with Gasteiger partial charge in [-0.15, -0.1) is 0 Å². The highest BCUT2D eigenvalue weighted by Crippen LogP contribution is 2.33. The molecule has 21 heavy (non-hydrogen) atoms. The lowest BCUT2D eigenvalue weighted by Crippen LogP contribution is -2.24. The van der Waals surface area contributed by atoms with Crippen molar-refractivity contribution in [3.05, 3.63) is 29.6 Å². The first-order valence-electron chi connectivity index (χ1n) is 7.43. The summed E-state index contributed by atoms with van der Waals surface area (Å²) in [6, 6.07) is 6.16. The van der Waals surface area contributed by atoms with Gasteiger partial charge in [-0.3, -0.25) is 0 Å². The average molecular weight is 287 g/mol. The fraction of sp³-hybridized carbons (Fsp3) is 0.500. The second kappa shape index (κ2) is 5.48. The van der Waals surface area contributed by atoms with E-state index in [0.29, 0.717) is 11.7 Å². The molecule has 0 radical (unpaired) electrons. The fourth-order valence-electron chi connectivity index (χ4n) is 2.65. The first kappa shape index (κ1) is 14.1. The normalized spacial score (nSPS) is 16.9. The molecule has 5 heteroatoms. The van der Waals surface area contributed by atoms with Crippen molar-refractivity contribution < 1.29 is 9.26 Å². The SMILES string of the molecule is CCC(C)(OC)c1noc(-c2cccc3c2CCCN3)n1. The molecular formula is C16H21N3O2. The summed E-state index contributed by atoms with van der Waals surface area (Å²) in [5, 5.41) is 7.54. The van der Waals surface area contributed by atoms with Gasteiger partial charge in [-0.25, -0.2) is 0 Å². The lowest BCUT2D eigenvalue weighted by molar-refractivity contribution is -0.0106. The van der Waals surface area contributed by atoms with Gasteiger partial charge in [-0.05, 0) is 43.9 Å². The van der Waals surface area contributed by atoms with Crippen molar-refractivity contribution in [3.8, 4) is 11.5 Å². The molecule has 1 aliphatic heterocycles. The maximum absolute atomic E-state index is 5.54. The summed E-state index contributed by atoms with van der Waals surface area (Å²) in [6.45, 7) is 5.04. The van der Waals surface area contributed by atoms with Crippen LogP contribution in [0.5, 0.6) is 0 Å². The standard InChI is InChI=1S/C16H21N3O2/c1-4-16(2,20-3)15-18-14(21-19-15)12-7-5-9-13-11(12)8-6-10-17-13/h5,7,9,17H,4,6,8,10H2,1-3H3. The molecule has 0 spiro atoms. The Balaban J connectivity index is 2.01. The minimum absolute atomic E-state index is 0.505. The van der Waals surface area contributed by atoms with Gasteiger partial charge in [0, 0.05) is 24.9 Å². The molecule has 0 aliphatic carbocycles. The third kappa shape index (κ3) is 2.42. The predicted octanol–water partition coefficient (Wildman–Crippen LogP) is 3.37. The number of benzene rings is 1. The number of anilines is 1. The number of hydrogen-bond acceptors (Lipinski definition) is 5. The van der Waals surface area contributed by atoms with Crippen molar-refractivity contribution in [1.82, 2.24) is 10.1 Å². The average Bonchev–Trinajstić information content (AvgIpc) is 3.04. The summed E-state index contributed by atoms with van der Waals surface area (Å²) in [6.07, 6.45) is 2.94. The lowest BCUT2D eigenvalue weighted by atomic mass is 9.97. The van der Waals surface area contributed by atoms with Gasteiger partial charge in [0.1, 0.15) is 5.60 Å². The monoisotopic (exact) mass is 287 g/mol. The molecule has 0 fully saturated rings. The van der Waals surface area contributed by atoms with Crippen molar-refractivity contribution in [2.24, 2.45) is 0 Å². The van der Waals surface area contributed by atoms with Gasteiger partial charge in [0.25, 0.3) is 5.89 Å². The van der Waals surface area contributed by atoms with Crippen LogP contribution in [0, 0.1) is 0 Å². The Morgan fingerprint density at radius 2 is 2.29 bits per heavy atom. The van der Waals surface area contributed by atoms with Crippen LogP contribution in [-0.2, 0) is 16.8 Å². The number of nitrogens with zero attached hydrogens (tertiary/aromatic N) is 2. The molecule has 0 amide bonds. The molecule has 1 N–H and O–H groups in total. The minimum atomic E-state index is -0.505. The van der Waals surface area contributed by atoms with Crippen LogP contribution in [0.2, 0.25) is 0 Å². The summed E-state index contributed by atoms with van der Waals surface area (Å²) in [4.78, 5) is 4.57. The Hall–Kier alpha value is -1.88. The smallest absolute Gasteiger partial charge is 0.258 e. The molecule has 1 aromatic carbocycles. The summed E-state index contributed by atoms with van der Waals surface area (Å²) in [7, 11) is 1.67. The van der Waals surface area contributed by atoms with E-state index < -0.39 is 5.60 Å². The van der Waals surface area contributed by atoms with Crippen molar-refractivity contribution >= 4 is 5.69 Å². The zero-order valence-corrected chi connectivity index (χ0v) is 12.8. The molecular weight excluding hydrogens is 266 g/mol. The van der Waals surface area contributed by atoms with Crippen LogP contribution in [-0.4, -0.2) is 23.8 Å². The van der Waals surface area contributed by atoms with Gasteiger partial charge in [0.2, 0.25) is 5.82 Å². The van der Waals surface area contributed by atoms with Crippen LogP contribution in [0.3, 0.4) is 0 Å². The number of methoxy groups -OCH3 is 1. The topological polar surface area (TPSA) is 60.2 Å². The zero-order valence-electron chi connectivity index (χ0n) is 12.8. The molecule has 5 nitrogen and oxygen atoms in total. The number of rotatable bonds is 4. The molecule has 1 aliphatic rings. The second-order valence-electron chi connectivity index (χ2n) is 5.57. The third-order valence-electron chi connectivity index (χ3n) is 4.35. The van der Waals surface area contributed by atoms with Gasteiger partial charge >= 0.3 is 0 Å². The fourth-order valence-corrected chi connectivity index (χ4v) is 2.65. The summed E-state index contributed by atoms with van der Waals surface area (Å²) in [5.74, 6) is 1.17. The van der Waals surface area contributed by atoms with Crippen molar-refractivity contribution in [1.29, 1.82) is 0 Å². The Labute approximate surface area is 124 Å². The van der Waals surface area contributed by atoms with E-state index in [1.165, 1.54) is 11.3 Å². The summed E-state index contributed by atoms with van der Waals surface area (Å²) >= 11 is 0. The molecule has 0 saturated heterocycles.